The van der Waals surface area contributed by atoms with E-state index in [1.54, 1.807) is 0 Å². The first-order valence-corrected chi connectivity index (χ1v) is 8.13. The molecule has 1 heterocycles. The fourth-order valence-electron chi connectivity index (χ4n) is 2.23. The molecule has 8 heteroatoms. The van der Waals surface area contributed by atoms with E-state index in [9.17, 15) is 18.4 Å². The Labute approximate surface area is 151 Å². The lowest BCUT2D eigenvalue weighted by Gasteiger charge is -2.10. The number of hydrogen-bond acceptors (Lipinski definition) is 5. The Kier molecular flexibility index (Phi) is 5.00. The van der Waals surface area contributed by atoms with Crippen LogP contribution in [-0.2, 0) is 11.5 Å². The maximum Gasteiger partial charge on any atom is 0.290 e. The number of nitriles is 1. The Bertz CT molecular complexity index is 983. The van der Waals surface area contributed by atoms with Crippen LogP contribution in [0.25, 0.3) is 6.08 Å². The first kappa shape index (κ1) is 17.6. The highest BCUT2D eigenvalue weighted by Gasteiger charge is 2.25. The Morgan fingerprint density at radius 3 is 2.58 bits per heavy atom. The van der Waals surface area contributed by atoms with Gasteiger partial charge in [0.25, 0.3) is 11.1 Å². The van der Waals surface area contributed by atoms with E-state index in [4.69, 9.17) is 10.00 Å². The molecule has 2 amide bonds. The maximum absolute atomic E-state index is 14.3. The van der Waals surface area contributed by atoms with Crippen molar-refractivity contribution in [2.75, 3.05) is 0 Å². The quantitative estimate of drug-likeness (QED) is 0.810. The number of nitrogens with one attached hydrogen (secondary N) is 1. The molecule has 0 aromatic heterocycles. The van der Waals surface area contributed by atoms with Crippen LogP contribution in [0.1, 0.15) is 16.7 Å². The number of hydrogen-bond donors (Lipinski definition) is 1. The van der Waals surface area contributed by atoms with Gasteiger partial charge in [0, 0.05) is 5.56 Å². The van der Waals surface area contributed by atoms with Crippen LogP contribution in [0.2, 0.25) is 0 Å². The number of alkyl halides is 1. The second-order valence-electron chi connectivity index (χ2n) is 5.21. The fraction of sp³-hybridized carbons (Fsp3) is 0.0556. The minimum Gasteiger partial charge on any atom is -0.454 e. The number of benzene rings is 2. The van der Waals surface area contributed by atoms with Gasteiger partial charge in [-0.25, -0.2) is 8.78 Å². The van der Waals surface area contributed by atoms with Gasteiger partial charge < -0.3 is 4.74 Å². The largest absolute Gasteiger partial charge is 0.454 e. The van der Waals surface area contributed by atoms with Crippen molar-refractivity contribution in [1.29, 1.82) is 5.26 Å². The van der Waals surface area contributed by atoms with Crippen LogP contribution >= 0.6 is 11.8 Å². The Hall–Kier alpha value is -3.18. The normalized spacial score (nSPS) is 15.0. The number of carbonyl (C=O) groups excluding carboxylic acids is 2. The monoisotopic (exact) mass is 372 g/mol. The summed E-state index contributed by atoms with van der Waals surface area (Å²) in [5, 5.41) is 10.5. The van der Waals surface area contributed by atoms with Crippen LogP contribution in [0.15, 0.2) is 41.3 Å². The van der Waals surface area contributed by atoms with Gasteiger partial charge in [-0.15, -0.1) is 0 Å². The lowest BCUT2D eigenvalue weighted by Crippen LogP contribution is -2.17. The number of nitrogens with zero attached hydrogens (tertiary/aromatic N) is 1. The van der Waals surface area contributed by atoms with E-state index in [0.29, 0.717) is 5.56 Å². The standard InChI is InChI=1S/C18H10F2N2O3S/c19-8-12-5-11(9-21)2-3-14(12)25-15-4-1-10(6-13(15)20)7-16-17(23)22-18(24)26-16/h1-7H,8H2,(H,22,23,24)/b16-7-. The van der Waals surface area contributed by atoms with Crippen LogP contribution < -0.4 is 10.1 Å². The summed E-state index contributed by atoms with van der Waals surface area (Å²) in [6.07, 6.45) is 1.38. The molecule has 0 spiro atoms. The van der Waals surface area contributed by atoms with Crippen LogP contribution in [0.3, 0.4) is 0 Å². The third kappa shape index (κ3) is 3.73. The van der Waals surface area contributed by atoms with Crippen molar-refractivity contribution < 1.29 is 23.1 Å². The van der Waals surface area contributed by atoms with Crippen LogP contribution in [0.4, 0.5) is 13.6 Å². The van der Waals surface area contributed by atoms with Gasteiger partial charge in [0.1, 0.15) is 12.4 Å². The minimum atomic E-state index is -0.864. The third-order valence-electron chi connectivity index (χ3n) is 3.45. The Morgan fingerprint density at radius 1 is 1.19 bits per heavy atom. The van der Waals surface area contributed by atoms with Gasteiger partial charge in [-0.2, -0.15) is 5.26 Å². The Balaban J connectivity index is 1.85. The molecular weight excluding hydrogens is 362 g/mol. The number of amides is 2. The zero-order chi connectivity index (χ0) is 18.7. The molecule has 1 aliphatic heterocycles. The molecule has 0 radical (unpaired) electrons. The molecule has 0 saturated carbocycles. The summed E-state index contributed by atoms with van der Waals surface area (Å²) in [6, 6.07) is 10.0. The van der Waals surface area contributed by atoms with Crippen molar-refractivity contribution in [3.05, 3.63) is 63.8 Å². The van der Waals surface area contributed by atoms with E-state index in [1.165, 1.54) is 36.4 Å². The lowest BCUT2D eigenvalue weighted by molar-refractivity contribution is -0.115. The molecular formula is C18H10F2N2O3S. The van der Waals surface area contributed by atoms with Gasteiger partial charge >= 0.3 is 0 Å². The molecule has 1 saturated heterocycles. The number of halogens is 2. The number of rotatable bonds is 4. The third-order valence-corrected chi connectivity index (χ3v) is 4.26. The molecule has 1 N–H and O–H groups in total. The Morgan fingerprint density at radius 2 is 1.96 bits per heavy atom. The highest BCUT2D eigenvalue weighted by Crippen LogP contribution is 2.31. The number of thioether (sulfide) groups is 1. The second kappa shape index (κ2) is 7.37. The molecule has 0 unspecified atom stereocenters. The van der Waals surface area contributed by atoms with Gasteiger partial charge in [0.05, 0.1) is 16.5 Å². The summed E-state index contributed by atoms with van der Waals surface area (Å²) in [6.45, 7) is -0.864. The smallest absolute Gasteiger partial charge is 0.290 e. The SMILES string of the molecule is N#Cc1ccc(Oc2ccc(/C=C3\SC(=O)NC3=O)cc2F)c(CF)c1. The van der Waals surface area contributed by atoms with E-state index in [-0.39, 0.29) is 27.5 Å². The molecule has 130 valence electrons. The molecule has 1 fully saturated rings. The van der Waals surface area contributed by atoms with Gasteiger partial charge in [-0.3, -0.25) is 14.9 Å². The van der Waals surface area contributed by atoms with E-state index in [0.717, 1.165) is 17.8 Å². The zero-order valence-corrected chi connectivity index (χ0v) is 13.9. The molecule has 1 aliphatic rings. The zero-order valence-electron chi connectivity index (χ0n) is 13.1. The molecule has 3 rings (SSSR count). The van der Waals surface area contributed by atoms with E-state index < -0.39 is 23.6 Å². The fourth-order valence-corrected chi connectivity index (χ4v) is 2.92. The topological polar surface area (TPSA) is 79.2 Å². The molecule has 0 bridgehead atoms. The van der Waals surface area contributed by atoms with E-state index >= 15 is 0 Å². The van der Waals surface area contributed by atoms with Crippen molar-refractivity contribution in [2.24, 2.45) is 0 Å². The summed E-state index contributed by atoms with van der Waals surface area (Å²) in [7, 11) is 0. The molecule has 0 aliphatic carbocycles. The van der Waals surface area contributed by atoms with E-state index in [2.05, 4.69) is 5.32 Å². The first-order valence-electron chi connectivity index (χ1n) is 7.31. The minimum absolute atomic E-state index is 0.104. The molecule has 2 aromatic rings. The molecule has 0 atom stereocenters. The summed E-state index contributed by atoms with van der Waals surface area (Å²) in [4.78, 5) is 22.8. The van der Waals surface area contributed by atoms with Gasteiger partial charge in [0.15, 0.2) is 11.6 Å². The van der Waals surface area contributed by atoms with Crippen LogP contribution in [0, 0.1) is 17.1 Å². The van der Waals surface area contributed by atoms with Crippen molar-refractivity contribution in [2.45, 2.75) is 6.67 Å². The summed E-state index contributed by atoms with van der Waals surface area (Å²) in [5.41, 5.74) is 0.772. The number of carbonyl (C=O) groups is 2. The van der Waals surface area contributed by atoms with Crippen molar-refractivity contribution in [3.8, 4) is 17.6 Å². The highest BCUT2D eigenvalue weighted by atomic mass is 32.2. The van der Waals surface area contributed by atoms with E-state index in [1.807, 2.05) is 6.07 Å². The predicted molar refractivity (Wildman–Crippen MR) is 91.5 cm³/mol. The molecule has 26 heavy (non-hydrogen) atoms. The average molecular weight is 372 g/mol. The summed E-state index contributed by atoms with van der Waals surface area (Å²) < 4.78 is 32.8. The number of ether oxygens (including phenoxy) is 1. The highest BCUT2D eigenvalue weighted by molar-refractivity contribution is 8.18. The maximum atomic E-state index is 14.3. The van der Waals surface area contributed by atoms with Crippen molar-refractivity contribution >= 4 is 29.0 Å². The number of imide groups is 1. The first-order chi connectivity index (χ1) is 12.5. The molecule has 5 nitrogen and oxygen atoms in total. The van der Waals surface area contributed by atoms with Crippen molar-refractivity contribution in [1.82, 2.24) is 5.32 Å². The van der Waals surface area contributed by atoms with Gasteiger partial charge in [0.2, 0.25) is 0 Å². The predicted octanol–water partition coefficient (Wildman–Crippen LogP) is 4.28. The summed E-state index contributed by atoms with van der Waals surface area (Å²) >= 11 is 0.729. The average Bonchev–Trinajstić information content (AvgIpc) is 2.94. The molecule has 2 aromatic carbocycles. The van der Waals surface area contributed by atoms with Gasteiger partial charge in [-0.1, -0.05) is 6.07 Å². The summed E-state index contributed by atoms with van der Waals surface area (Å²) in [5.74, 6) is -1.28. The second-order valence-corrected chi connectivity index (χ2v) is 6.23. The lowest BCUT2D eigenvalue weighted by atomic mass is 10.1. The van der Waals surface area contributed by atoms with Gasteiger partial charge in [-0.05, 0) is 53.7 Å². The van der Waals surface area contributed by atoms with Crippen LogP contribution in [-0.4, -0.2) is 11.1 Å². The van der Waals surface area contributed by atoms with Crippen molar-refractivity contribution in [3.63, 3.8) is 0 Å². The van der Waals surface area contributed by atoms with Crippen LogP contribution in [0.5, 0.6) is 11.5 Å².